The van der Waals surface area contributed by atoms with Crippen molar-refractivity contribution in [3.05, 3.63) is 52.5 Å². The van der Waals surface area contributed by atoms with Crippen molar-refractivity contribution in [3.63, 3.8) is 0 Å². The Kier molecular flexibility index (Phi) is 7.79. The molecule has 5 heteroatoms. The van der Waals surface area contributed by atoms with Gasteiger partial charge in [0, 0.05) is 4.47 Å². The first-order chi connectivity index (χ1) is 12.1. The third-order valence-corrected chi connectivity index (χ3v) is 4.29. The van der Waals surface area contributed by atoms with Crippen LogP contribution in [0.25, 0.3) is 0 Å². The summed E-state index contributed by atoms with van der Waals surface area (Å²) in [4.78, 5) is 12.2. The van der Waals surface area contributed by atoms with Gasteiger partial charge in [-0.3, -0.25) is 4.79 Å². The van der Waals surface area contributed by atoms with Crippen LogP contribution in [0.15, 0.2) is 46.9 Å². The molecule has 2 rings (SSSR count). The molecular weight excluding hydrogens is 382 g/mol. The Hall–Kier alpha value is -2.01. The molecule has 2 aromatic rings. The molecule has 25 heavy (non-hydrogen) atoms. The summed E-state index contributed by atoms with van der Waals surface area (Å²) in [7, 11) is 0. The molecule has 0 saturated carbocycles. The second-order valence-electron chi connectivity index (χ2n) is 5.63. The molecule has 0 aliphatic heterocycles. The van der Waals surface area contributed by atoms with E-state index in [1.165, 1.54) is 5.56 Å². The van der Waals surface area contributed by atoms with Crippen LogP contribution in [-0.4, -0.2) is 19.1 Å². The number of benzene rings is 2. The Morgan fingerprint density at radius 2 is 1.80 bits per heavy atom. The Labute approximate surface area is 157 Å². The number of rotatable bonds is 9. The van der Waals surface area contributed by atoms with Gasteiger partial charge in [0.1, 0.15) is 0 Å². The summed E-state index contributed by atoms with van der Waals surface area (Å²) in [5.41, 5.74) is 2.00. The zero-order valence-corrected chi connectivity index (χ0v) is 16.3. The van der Waals surface area contributed by atoms with Crippen LogP contribution in [0.1, 0.15) is 32.3 Å². The molecule has 4 nitrogen and oxygen atoms in total. The van der Waals surface area contributed by atoms with Crippen molar-refractivity contribution in [1.82, 2.24) is 0 Å². The molecule has 0 bridgehead atoms. The van der Waals surface area contributed by atoms with E-state index >= 15 is 0 Å². The van der Waals surface area contributed by atoms with Crippen LogP contribution in [0, 0.1) is 0 Å². The van der Waals surface area contributed by atoms with E-state index in [9.17, 15) is 4.79 Å². The molecular formula is C20H24BrNO3. The number of aryl methyl sites for hydroxylation is 1. The first-order valence-corrected chi connectivity index (χ1v) is 9.36. The van der Waals surface area contributed by atoms with E-state index < -0.39 is 0 Å². The van der Waals surface area contributed by atoms with Crippen molar-refractivity contribution in [2.24, 2.45) is 0 Å². The largest absolute Gasteiger partial charge is 0.490 e. The van der Waals surface area contributed by atoms with Crippen molar-refractivity contribution in [2.75, 3.05) is 18.5 Å². The van der Waals surface area contributed by atoms with Crippen LogP contribution >= 0.6 is 15.9 Å². The second-order valence-corrected chi connectivity index (χ2v) is 6.49. The highest BCUT2D eigenvalue weighted by Crippen LogP contribution is 2.27. The van der Waals surface area contributed by atoms with Gasteiger partial charge in [0.05, 0.1) is 12.3 Å². The lowest BCUT2D eigenvalue weighted by Gasteiger charge is -2.12. The molecule has 1 N–H and O–H groups in total. The number of halogens is 1. The fourth-order valence-corrected chi connectivity index (χ4v) is 2.90. The minimum atomic E-state index is -0.215. The van der Waals surface area contributed by atoms with Gasteiger partial charge in [-0.15, -0.1) is 0 Å². The minimum absolute atomic E-state index is 0.0753. The number of hydrogen-bond donors (Lipinski definition) is 1. The molecule has 0 aromatic heterocycles. The van der Waals surface area contributed by atoms with Crippen LogP contribution in [-0.2, 0) is 11.2 Å². The Morgan fingerprint density at radius 3 is 2.44 bits per heavy atom. The molecule has 0 unspecified atom stereocenters. The van der Waals surface area contributed by atoms with Crippen LogP contribution in [0.5, 0.6) is 11.5 Å². The van der Waals surface area contributed by atoms with Crippen LogP contribution in [0.2, 0.25) is 0 Å². The van der Waals surface area contributed by atoms with E-state index in [1.54, 1.807) is 6.07 Å². The maximum absolute atomic E-state index is 12.2. The second kappa shape index (κ2) is 10.1. The van der Waals surface area contributed by atoms with Crippen molar-refractivity contribution in [2.45, 2.75) is 33.1 Å². The lowest BCUT2D eigenvalue weighted by atomic mass is 10.1. The van der Waals surface area contributed by atoms with Gasteiger partial charge in [-0.05, 0) is 65.5 Å². The van der Waals surface area contributed by atoms with E-state index in [-0.39, 0.29) is 12.5 Å². The number of carbonyl (C=O) groups is 1. The Balaban J connectivity index is 1.92. The van der Waals surface area contributed by atoms with Gasteiger partial charge in [0.2, 0.25) is 0 Å². The molecule has 0 spiro atoms. The molecule has 0 atom stereocenters. The highest BCUT2D eigenvalue weighted by molar-refractivity contribution is 9.10. The van der Waals surface area contributed by atoms with Gasteiger partial charge >= 0.3 is 0 Å². The van der Waals surface area contributed by atoms with E-state index in [2.05, 4.69) is 34.2 Å². The highest BCUT2D eigenvalue weighted by Gasteiger charge is 2.09. The summed E-state index contributed by atoms with van der Waals surface area (Å²) < 4.78 is 12.0. The average molecular weight is 406 g/mol. The predicted molar refractivity (Wildman–Crippen MR) is 104 cm³/mol. The number of unbranched alkanes of at least 4 members (excludes halogenated alkanes) is 1. The Bertz CT molecular complexity index is 703. The summed E-state index contributed by atoms with van der Waals surface area (Å²) in [6, 6.07) is 13.3. The molecule has 134 valence electrons. The number of ether oxygens (including phenoxy) is 2. The molecule has 0 saturated heterocycles. The third kappa shape index (κ3) is 6.09. The summed E-state index contributed by atoms with van der Waals surface area (Å²) in [5, 5.41) is 2.86. The topological polar surface area (TPSA) is 47.6 Å². The molecule has 2 aromatic carbocycles. The molecule has 0 fully saturated rings. The SMILES string of the molecule is CCCCc1ccc(NC(=O)COc2ccccc2OCC)c(Br)c1. The fraction of sp³-hybridized carbons (Fsp3) is 0.350. The van der Waals surface area contributed by atoms with Gasteiger partial charge in [0.25, 0.3) is 5.91 Å². The van der Waals surface area contributed by atoms with Crippen LogP contribution in [0.3, 0.4) is 0 Å². The van der Waals surface area contributed by atoms with Crippen molar-refractivity contribution in [1.29, 1.82) is 0 Å². The number of anilines is 1. The molecule has 1 amide bonds. The molecule has 0 radical (unpaired) electrons. The standard InChI is InChI=1S/C20H24BrNO3/c1-3-5-8-15-11-12-17(16(21)13-15)22-20(23)14-25-19-10-7-6-9-18(19)24-4-2/h6-7,9-13H,3-5,8,14H2,1-2H3,(H,22,23). The first kappa shape index (κ1) is 19.3. The van der Waals surface area contributed by atoms with Crippen molar-refractivity contribution < 1.29 is 14.3 Å². The van der Waals surface area contributed by atoms with E-state index in [1.807, 2.05) is 37.3 Å². The van der Waals surface area contributed by atoms with Gasteiger partial charge in [-0.25, -0.2) is 0 Å². The maximum Gasteiger partial charge on any atom is 0.262 e. The maximum atomic E-state index is 12.2. The molecule has 0 aliphatic carbocycles. The fourth-order valence-electron chi connectivity index (χ4n) is 2.37. The smallest absolute Gasteiger partial charge is 0.262 e. The molecule has 0 heterocycles. The van der Waals surface area contributed by atoms with E-state index in [0.29, 0.717) is 18.1 Å². The van der Waals surface area contributed by atoms with Gasteiger partial charge in [-0.1, -0.05) is 31.5 Å². The lowest BCUT2D eigenvalue weighted by molar-refractivity contribution is -0.118. The van der Waals surface area contributed by atoms with Gasteiger partial charge in [-0.2, -0.15) is 0 Å². The quantitative estimate of drug-likeness (QED) is 0.622. The summed E-state index contributed by atoms with van der Waals surface area (Å²) in [6.45, 7) is 4.55. The van der Waals surface area contributed by atoms with Gasteiger partial charge in [0.15, 0.2) is 18.1 Å². The summed E-state index contributed by atoms with van der Waals surface area (Å²) in [5.74, 6) is 0.987. The van der Waals surface area contributed by atoms with Crippen LogP contribution in [0.4, 0.5) is 5.69 Å². The average Bonchev–Trinajstić information content (AvgIpc) is 2.61. The number of para-hydroxylation sites is 2. The van der Waals surface area contributed by atoms with Gasteiger partial charge < -0.3 is 14.8 Å². The van der Waals surface area contributed by atoms with Crippen molar-refractivity contribution in [3.8, 4) is 11.5 Å². The normalized spacial score (nSPS) is 10.4. The van der Waals surface area contributed by atoms with E-state index in [4.69, 9.17) is 9.47 Å². The number of amides is 1. The van der Waals surface area contributed by atoms with Crippen molar-refractivity contribution >= 4 is 27.5 Å². The third-order valence-electron chi connectivity index (χ3n) is 3.63. The van der Waals surface area contributed by atoms with Crippen LogP contribution < -0.4 is 14.8 Å². The highest BCUT2D eigenvalue weighted by atomic mass is 79.9. The number of hydrogen-bond acceptors (Lipinski definition) is 3. The number of carbonyl (C=O) groups excluding carboxylic acids is 1. The zero-order chi connectivity index (χ0) is 18.1. The first-order valence-electron chi connectivity index (χ1n) is 8.57. The Morgan fingerprint density at radius 1 is 1.08 bits per heavy atom. The number of nitrogens with one attached hydrogen (secondary N) is 1. The minimum Gasteiger partial charge on any atom is -0.490 e. The predicted octanol–water partition coefficient (Wildman–Crippen LogP) is 5.21. The summed E-state index contributed by atoms with van der Waals surface area (Å²) >= 11 is 3.52. The zero-order valence-electron chi connectivity index (χ0n) is 14.7. The summed E-state index contributed by atoms with van der Waals surface area (Å²) in [6.07, 6.45) is 3.36. The monoisotopic (exact) mass is 405 g/mol. The van der Waals surface area contributed by atoms with E-state index in [0.717, 1.165) is 29.4 Å². The lowest BCUT2D eigenvalue weighted by Crippen LogP contribution is -2.20. The molecule has 0 aliphatic rings.